The Morgan fingerprint density at radius 3 is 2.86 bits per heavy atom. The number of aromatic nitrogens is 2. The minimum atomic E-state index is -1.19. The SMILES string of the molecule is O=C(NOCC(O)CO)c1cc2snnc2c(F)c1Nc1ccc(I)cc1F. The lowest BCUT2D eigenvalue weighted by Gasteiger charge is -2.15. The third kappa shape index (κ3) is 4.52. The minimum absolute atomic E-state index is 0.0347. The Hall–Kier alpha value is -2.00. The van der Waals surface area contributed by atoms with Crippen LogP contribution in [-0.2, 0) is 4.84 Å². The Kier molecular flexibility index (Phi) is 6.66. The van der Waals surface area contributed by atoms with Gasteiger partial charge >= 0.3 is 0 Å². The lowest BCUT2D eigenvalue weighted by Crippen LogP contribution is -2.30. The van der Waals surface area contributed by atoms with E-state index in [9.17, 15) is 18.7 Å². The second-order valence-corrected chi connectivity index (χ2v) is 7.59. The van der Waals surface area contributed by atoms with Crippen LogP contribution in [0, 0.1) is 15.2 Å². The number of benzene rings is 2. The molecule has 3 aromatic rings. The van der Waals surface area contributed by atoms with Crippen LogP contribution < -0.4 is 10.8 Å². The highest BCUT2D eigenvalue weighted by Gasteiger charge is 2.22. The molecule has 0 aliphatic heterocycles. The lowest BCUT2D eigenvalue weighted by atomic mass is 10.1. The molecule has 28 heavy (non-hydrogen) atoms. The van der Waals surface area contributed by atoms with Crippen LogP contribution in [-0.4, -0.2) is 45.0 Å². The summed E-state index contributed by atoms with van der Waals surface area (Å²) in [4.78, 5) is 17.3. The summed E-state index contributed by atoms with van der Waals surface area (Å²) >= 11 is 2.82. The van der Waals surface area contributed by atoms with Crippen molar-refractivity contribution in [2.75, 3.05) is 18.5 Å². The number of hydrogen-bond donors (Lipinski definition) is 4. The summed E-state index contributed by atoms with van der Waals surface area (Å²) in [6.45, 7) is -0.925. The van der Waals surface area contributed by atoms with Gasteiger partial charge in [0.05, 0.1) is 28.2 Å². The molecule has 0 spiro atoms. The Labute approximate surface area is 174 Å². The zero-order valence-corrected chi connectivity index (χ0v) is 16.9. The Bertz CT molecular complexity index is 1020. The molecule has 0 aliphatic rings. The molecule has 0 radical (unpaired) electrons. The molecule has 4 N–H and O–H groups in total. The number of nitrogens with zero attached hydrogens (tertiary/aromatic N) is 2. The molecule has 1 aromatic heterocycles. The fourth-order valence-electron chi connectivity index (χ4n) is 2.22. The largest absolute Gasteiger partial charge is 0.394 e. The normalized spacial score (nSPS) is 12.2. The number of carbonyl (C=O) groups excluding carboxylic acids is 1. The maximum Gasteiger partial charge on any atom is 0.277 e. The summed E-state index contributed by atoms with van der Waals surface area (Å²) in [5, 5.41) is 24.3. The summed E-state index contributed by atoms with van der Waals surface area (Å²) in [7, 11) is 0. The van der Waals surface area contributed by atoms with E-state index in [1.807, 2.05) is 22.6 Å². The number of carbonyl (C=O) groups is 1. The van der Waals surface area contributed by atoms with Crippen LogP contribution in [0.25, 0.3) is 10.2 Å². The van der Waals surface area contributed by atoms with Gasteiger partial charge in [-0.15, -0.1) is 5.10 Å². The zero-order chi connectivity index (χ0) is 20.3. The van der Waals surface area contributed by atoms with Gasteiger partial charge in [-0.1, -0.05) is 4.49 Å². The van der Waals surface area contributed by atoms with Gasteiger partial charge < -0.3 is 15.5 Å². The van der Waals surface area contributed by atoms with Crippen molar-refractivity contribution < 1.29 is 28.6 Å². The van der Waals surface area contributed by atoms with Crippen LogP contribution in [0.4, 0.5) is 20.2 Å². The van der Waals surface area contributed by atoms with E-state index in [1.54, 1.807) is 6.07 Å². The van der Waals surface area contributed by atoms with Crippen LogP contribution in [0.5, 0.6) is 0 Å². The first-order valence-corrected chi connectivity index (χ1v) is 9.63. The molecule has 3 rings (SSSR count). The van der Waals surface area contributed by atoms with Gasteiger partial charge in [-0.2, -0.15) is 0 Å². The molecule has 0 aliphatic carbocycles. The van der Waals surface area contributed by atoms with Crippen molar-refractivity contribution in [1.29, 1.82) is 0 Å². The molecule has 0 saturated heterocycles. The van der Waals surface area contributed by atoms with E-state index in [0.717, 1.165) is 11.5 Å². The van der Waals surface area contributed by atoms with Crippen LogP contribution in [0.15, 0.2) is 24.3 Å². The number of anilines is 2. The van der Waals surface area contributed by atoms with E-state index >= 15 is 0 Å². The number of hydrogen-bond acceptors (Lipinski definition) is 8. The highest BCUT2D eigenvalue weighted by Crippen LogP contribution is 2.32. The number of nitrogens with one attached hydrogen (secondary N) is 2. The number of halogens is 3. The Morgan fingerprint density at radius 2 is 2.14 bits per heavy atom. The highest BCUT2D eigenvalue weighted by molar-refractivity contribution is 14.1. The van der Waals surface area contributed by atoms with E-state index in [2.05, 4.69) is 20.4 Å². The van der Waals surface area contributed by atoms with E-state index in [1.165, 1.54) is 18.2 Å². The van der Waals surface area contributed by atoms with E-state index in [4.69, 9.17) is 9.94 Å². The molecule has 0 saturated carbocycles. The molecule has 1 unspecified atom stereocenters. The van der Waals surface area contributed by atoms with Gasteiger partial charge in [0.15, 0.2) is 5.82 Å². The predicted molar refractivity (Wildman–Crippen MR) is 106 cm³/mol. The summed E-state index contributed by atoms with van der Waals surface area (Å²) in [6, 6.07) is 5.63. The van der Waals surface area contributed by atoms with E-state index in [-0.39, 0.29) is 29.1 Å². The van der Waals surface area contributed by atoms with Gasteiger partial charge in [0.2, 0.25) is 0 Å². The number of rotatable bonds is 7. The predicted octanol–water partition coefficient (Wildman–Crippen LogP) is 2.33. The first-order chi connectivity index (χ1) is 13.4. The number of aliphatic hydroxyl groups excluding tert-OH is 2. The van der Waals surface area contributed by atoms with Crippen molar-refractivity contribution in [3.63, 3.8) is 0 Å². The van der Waals surface area contributed by atoms with Gasteiger partial charge in [-0.3, -0.25) is 9.63 Å². The van der Waals surface area contributed by atoms with Crippen molar-refractivity contribution in [1.82, 2.24) is 15.1 Å². The molecular formula is C16H13F2IN4O4S. The van der Waals surface area contributed by atoms with E-state index in [0.29, 0.717) is 8.27 Å². The molecule has 1 heterocycles. The van der Waals surface area contributed by atoms with Crippen molar-refractivity contribution in [2.45, 2.75) is 6.10 Å². The van der Waals surface area contributed by atoms with Crippen LogP contribution in [0.2, 0.25) is 0 Å². The molecule has 0 bridgehead atoms. The summed E-state index contributed by atoms with van der Waals surface area (Å²) in [5.74, 6) is -2.34. The standard InChI is InChI=1S/C16H13F2IN4O4S/c17-10-3-7(19)1-2-11(10)20-14-9(16(26)22-27-6-8(25)5-24)4-12-15(13(14)18)21-23-28-12/h1-4,8,20,24-25H,5-6H2,(H,22,26). The summed E-state index contributed by atoms with van der Waals surface area (Å²) in [6.07, 6.45) is -1.19. The fourth-order valence-corrected chi connectivity index (χ4v) is 3.27. The molecule has 12 heteroatoms. The third-order valence-electron chi connectivity index (χ3n) is 3.57. The summed E-state index contributed by atoms with van der Waals surface area (Å²) in [5.41, 5.74) is 1.48. The van der Waals surface area contributed by atoms with Crippen molar-refractivity contribution in [2.24, 2.45) is 0 Å². The summed E-state index contributed by atoms with van der Waals surface area (Å²) < 4.78 is 33.8. The molecule has 2 aromatic carbocycles. The second-order valence-electron chi connectivity index (χ2n) is 5.56. The van der Waals surface area contributed by atoms with Crippen molar-refractivity contribution >= 4 is 61.6 Å². The van der Waals surface area contributed by atoms with Crippen LogP contribution >= 0.6 is 34.1 Å². The van der Waals surface area contributed by atoms with Gasteiger partial charge in [0, 0.05) is 3.57 Å². The Morgan fingerprint density at radius 1 is 1.36 bits per heavy atom. The minimum Gasteiger partial charge on any atom is -0.394 e. The first kappa shape index (κ1) is 20.7. The molecule has 1 amide bonds. The third-order valence-corrected chi connectivity index (χ3v) is 4.91. The van der Waals surface area contributed by atoms with Crippen molar-refractivity contribution in [3.05, 3.63) is 45.0 Å². The fraction of sp³-hybridized carbons (Fsp3) is 0.188. The molecule has 1 atom stereocenters. The quantitative estimate of drug-likeness (QED) is 0.278. The monoisotopic (exact) mass is 522 g/mol. The second kappa shape index (κ2) is 9.00. The van der Waals surface area contributed by atoms with Gasteiger partial charge in [0.1, 0.15) is 24.0 Å². The maximum absolute atomic E-state index is 14.9. The van der Waals surface area contributed by atoms with Crippen molar-refractivity contribution in [3.8, 4) is 0 Å². The molecule has 148 valence electrons. The average molecular weight is 522 g/mol. The zero-order valence-electron chi connectivity index (χ0n) is 13.9. The number of hydroxylamine groups is 1. The number of aliphatic hydroxyl groups is 2. The van der Waals surface area contributed by atoms with Crippen LogP contribution in [0.1, 0.15) is 10.4 Å². The highest BCUT2D eigenvalue weighted by atomic mass is 127. The molecule has 0 fully saturated rings. The Balaban J connectivity index is 1.96. The van der Waals surface area contributed by atoms with Gasteiger partial charge in [-0.25, -0.2) is 14.3 Å². The number of fused-ring (bicyclic) bond motifs is 1. The van der Waals surface area contributed by atoms with E-state index < -0.39 is 30.3 Å². The molecular weight excluding hydrogens is 509 g/mol. The average Bonchev–Trinajstić information content (AvgIpc) is 3.14. The van der Waals surface area contributed by atoms with Gasteiger partial charge in [0.25, 0.3) is 5.91 Å². The first-order valence-electron chi connectivity index (χ1n) is 7.78. The van der Waals surface area contributed by atoms with Crippen LogP contribution in [0.3, 0.4) is 0 Å². The smallest absolute Gasteiger partial charge is 0.277 e. The number of amides is 1. The topological polar surface area (TPSA) is 117 Å². The lowest BCUT2D eigenvalue weighted by molar-refractivity contribution is -0.0295. The molecule has 8 nitrogen and oxygen atoms in total. The maximum atomic E-state index is 14.9. The van der Waals surface area contributed by atoms with Gasteiger partial charge in [-0.05, 0) is 58.4 Å².